The third-order valence-electron chi connectivity index (χ3n) is 4.84. The number of methoxy groups -OCH3 is 1. The Labute approximate surface area is 182 Å². The Morgan fingerprint density at radius 2 is 1.78 bits per heavy atom. The highest BCUT2D eigenvalue weighted by Crippen LogP contribution is 2.29. The molecule has 1 N–H and O–H groups in total. The number of carbonyl (C=O) groups excluding carboxylic acids is 2. The molecule has 6 nitrogen and oxygen atoms in total. The summed E-state index contributed by atoms with van der Waals surface area (Å²) in [7, 11) is 1.31. The molecule has 3 aromatic rings. The first-order valence-corrected chi connectivity index (χ1v) is 9.50. The lowest BCUT2D eigenvalue weighted by molar-refractivity contribution is -0.137. The Balaban J connectivity index is 1.84. The number of esters is 1. The van der Waals surface area contributed by atoms with Gasteiger partial charge in [0.05, 0.1) is 30.1 Å². The molecule has 1 amide bonds. The minimum atomic E-state index is -4.54. The maximum atomic E-state index is 12.8. The number of nitrogens with one attached hydrogen (secondary N) is 1. The Kier molecular flexibility index (Phi) is 6.47. The van der Waals surface area contributed by atoms with Crippen LogP contribution in [0.25, 0.3) is 5.69 Å². The first-order valence-electron chi connectivity index (χ1n) is 9.50. The molecular weight excluding hydrogens is 423 g/mol. The average Bonchev–Trinajstić information content (AvgIpc) is 3.05. The quantitative estimate of drug-likeness (QED) is 0.354. The molecule has 32 heavy (non-hydrogen) atoms. The number of aryl methyl sites for hydroxylation is 1. The van der Waals surface area contributed by atoms with Crippen molar-refractivity contribution in [2.24, 2.45) is 5.10 Å². The van der Waals surface area contributed by atoms with Crippen LogP contribution in [0.15, 0.2) is 59.7 Å². The van der Waals surface area contributed by atoms with Gasteiger partial charge in [-0.3, -0.25) is 4.79 Å². The number of ether oxygens (including phenoxy) is 1. The molecule has 0 unspecified atom stereocenters. The number of hydrazone groups is 1. The molecule has 0 spiro atoms. The molecule has 9 heteroatoms. The van der Waals surface area contributed by atoms with Gasteiger partial charge in [-0.1, -0.05) is 18.2 Å². The summed E-state index contributed by atoms with van der Waals surface area (Å²) in [5, 5.41) is 3.88. The average molecular weight is 443 g/mol. The number of alkyl halides is 3. The van der Waals surface area contributed by atoms with Crippen molar-refractivity contribution in [3.05, 3.63) is 88.2 Å². The molecule has 0 saturated carbocycles. The van der Waals surface area contributed by atoms with E-state index in [0.717, 1.165) is 29.6 Å². The number of hydrogen-bond donors (Lipinski definition) is 1. The van der Waals surface area contributed by atoms with Gasteiger partial charge in [0.15, 0.2) is 0 Å². The van der Waals surface area contributed by atoms with Crippen LogP contribution in [0.5, 0.6) is 0 Å². The predicted molar refractivity (Wildman–Crippen MR) is 113 cm³/mol. The van der Waals surface area contributed by atoms with Gasteiger partial charge in [0.25, 0.3) is 5.91 Å². The van der Waals surface area contributed by atoms with E-state index >= 15 is 0 Å². The number of nitrogens with zero attached hydrogens (tertiary/aromatic N) is 2. The molecule has 0 aliphatic carbocycles. The van der Waals surface area contributed by atoms with Crippen molar-refractivity contribution in [1.29, 1.82) is 0 Å². The van der Waals surface area contributed by atoms with Crippen molar-refractivity contribution in [2.75, 3.05) is 7.11 Å². The lowest BCUT2D eigenvalue weighted by Gasteiger charge is -2.13. The molecule has 0 aliphatic rings. The van der Waals surface area contributed by atoms with E-state index in [0.29, 0.717) is 16.8 Å². The normalized spacial score (nSPS) is 11.6. The van der Waals surface area contributed by atoms with Crippen molar-refractivity contribution in [3.8, 4) is 5.69 Å². The smallest absolute Gasteiger partial charge is 0.416 e. The van der Waals surface area contributed by atoms with Crippen LogP contribution in [0, 0.1) is 13.8 Å². The lowest BCUT2D eigenvalue weighted by atomic mass is 10.1. The van der Waals surface area contributed by atoms with Crippen LogP contribution >= 0.6 is 0 Å². The summed E-state index contributed by atoms with van der Waals surface area (Å²) >= 11 is 0. The van der Waals surface area contributed by atoms with Crippen molar-refractivity contribution in [3.63, 3.8) is 0 Å². The molecule has 0 atom stereocenters. The van der Waals surface area contributed by atoms with Gasteiger partial charge in [0.2, 0.25) is 0 Å². The zero-order valence-electron chi connectivity index (χ0n) is 17.5. The number of rotatable bonds is 5. The summed E-state index contributed by atoms with van der Waals surface area (Å²) in [6.45, 7) is 3.66. The lowest BCUT2D eigenvalue weighted by Crippen LogP contribution is -2.18. The van der Waals surface area contributed by atoms with Crippen LogP contribution in [0.3, 0.4) is 0 Å². The molecule has 0 bridgehead atoms. The summed E-state index contributed by atoms with van der Waals surface area (Å²) in [6, 6.07) is 12.9. The van der Waals surface area contributed by atoms with E-state index < -0.39 is 23.6 Å². The summed E-state index contributed by atoms with van der Waals surface area (Å²) < 4.78 is 45.2. The van der Waals surface area contributed by atoms with Gasteiger partial charge >= 0.3 is 12.1 Å². The Morgan fingerprint density at radius 1 is 1.06 bits per heavy atom. The number of halogens is 3. The van der Waals surface area contributed by atoms with Crippen molar-refractivity contribution >= 4 is 18.1 Å². The van der Waals surface area contributed by atoms with Crippen molar-refractivity contribution in [2.45, 2.75) is 20.0 Å². The number of hydrogen-bond acceptors (Lipinski definition) is 4. The summed E-state index contributed by atoms with van der Waals surface area (Å²) in [6.07, 6.45) is -3.15. The van der Waals surface area contributed by atoms with Gasteiger partial charge in [-0.2, -0.15) is 18.3 Å². The Hall–Kier alpha value is -3.88. The van der Waals surface area contributed by atoms with Gasteiger partial charge in [-0.15, -0.1) is 0 Å². The summed E-state index contributed by atoms with van der Waals surface area (Å²) in [5.41, 5.74) is 4.40. The van der Waals surface area contributed by atoms with Gasteiger partial charge < -0.3 is 9.30 Å². The molecule has 1 aromatic heterocycles. The van der Waals surface area contributed by atoms with Gasteiger partial charge in [-0.05, 0) is 50.2 Å². The fourth-order valence-electron chi connectivity index (χ4n) is 3.30. The molecule has 166 valence electrons. The van der Waals surface area contributed by atoms with Gasteiger partial charge in [0, 0.05) is 22.5 Å². The fourth-order valence-corrected chi connectivity index (χ4v) is 3.30. The maximum Gasteiger partial charge on any atom is 0.416 e. The highest BCUT2D eigenvalue weighted by Gasteiger charge is 2.30. The van der Waals surface area contributed by atoms with E-state index in [-0.39, 0.29) is 5.56 Å². The summed E-state index contributed by atoms with van der Waals surface area (Å²) in [5.74, 6) is -1.24. The Bertz CT molecular complexity index is 1200. The fraction of sp³-hybridized carbons (Fsp3) is 0.174. The second kappa shape index (κ2) is 9.09. The van der Waals surface area contributed by atoms with Crippen LogP contribution in [0.4, 0.5) is 13.2 Å². The van der Waals surface area contributed by atoms with Crippen LogP contribution in [-0.2, 0) is 10.9 Å². The third-order valence-corrected chi connectivity index (χ3v) is 4.84. The molecular formula is C23H20F3N3O3. The molecule has 0 radical (unpaired) electrons. The van der Waals surface area contributed by atoms with E-state index in [1.54, 1.807) is 24.3 Å². The van der Waals surface area contributed by atoms with E-state index in [2.05, 4.69) is 10.5 Å². The number of para-hydroxylation sites is 1. The number of aromatic nitrogens is 1. The zero-order valence-corrected chi connectivity index (χ0v) is 17.5. The van der Waals surface area contributed by atoms with Crippen molar-refractivity contribution < 1.29 is 27.5 Å². The third kappa shape index (κ3) is 4.72. The SMILES string of the molecule is COC(=O)c1ccccc1-n1c(C)cc(/C=N\NC(=O)c2cccc(C(F)(F)F)c2)c1C. The standard InChI is InChI=1S/C23H20F3N3O3/c1-14-11-17(15(2)29(14)20-10-5-4-9-19(20)22(31)32-3)13-27-28-21(30)16-7-6-8-18(12-16)23(24,25)26/h4-13H,1-3H3,(H,28,30)/b27-13-. The predicted octanol–water partition coefficient (Wildman–Crippen LogP) is 4.66. The van der Waals surface area contributed by atoms with Crippen LogP contribution in [0.1, 0.15) is 43.2 Å². The number of carbonyl (C=O) groups is 2. The van der Waals surface area contributed by atoms with Crippen LogP contribution in [-0.4, -0.2) is 29.8 Å². The minimum absolute atomic E-state index is 0.158. The molecule has 0 saturated heterocycles. The molecule has 3 rings (SSSR count). The molecule has 1 heterocycles. The van der Waals surface area contributed by atoms with E-state index in [9.17, 15) is 22.8 Å². The first kappa shape index (κ1) is 22.8. The van der Waals surface area contributed by atoms with Crippen molar-refractivity contribution in [1.82, 2.24) is 9.99 Å². The molecule has 0 aliphatic heterocycles. The zero-order chi connectivity index (χ0) is 23.5. The first-order chi connectivity index (χ1) is 15.1. The van der Waals surface area contributed by atoms with Crippen LogP contribution in [0.2, 0.25) is 0 Å². The topological polar surface area (TPSA) is 72.7 Å². The number of benzene rings is 2. The van der Waals surface area contributed by atoms with Gasteiger partial charge in [0.1, 0.15) is 0 Å². The van der Waals surface area contributed by atoms with E-state index in [1.165, 1.54) is 19.4 Å². The Morgan fingerprint density at radius 3 is 2.47 bits per heavy atom. The molecule has 2 aromatic carbocycles. The van der Waals surface area contributed by atoms with E-state index in [4.69, 9.17) is 4.74 Å². The molecule has 0 fully saturated rings. The highest BCUT2D eigenvalue weighted by atomic mass is 19.4. The second-order valence-electron chi connectivity index (χ2n) is 6.95. The highest BCUT2D eigenvalue weighted by molar-refractivity contribution is 5.95. The van der Waals surface area contributed by atoms with E-state index in [1.807, 2.05) is 24.5 Å². The minimum Gasteiger partial charge on any atom is -0.465 e. The van der Waals surface area contributed by atoms with Gasteiger partial charge in [-0.25, -0.2) is 10.2 Å². The number of amides is 1. The van der Waals surface area contributed by atoms with Crippen LogP contribution < -0.4 is 5.43 Å². The second-order valence-corrected chi connectivity index (χ2v) is 6.95. The largest absolute Gasteiger partial charge is 0.465 e. The summed E-state index contributed by atoms with van der Waals surface area (Å²) in [4.78, 5) is 24.3. The maximum absolute atomic E-state index is 12.8. The monoisotopic (exact) mass is 443 g/mol.